The molecule has 0 saturated carbocycles. The van der Waals surface area contributed by atoms with Crippen molar-refractivity contribution in [1.29, 1.82) is 0 Å². The van der Waals surface area contributed by atoms with E-state index in [1.54, 1.807) is 6.21 Å². The van der Waals surface area contributed by atoms with Crippen LogP contribution < -0.4 is 5.43 Å². The van der Waals surface area contributed by atoms with Gasteiger partial charge in [0.2, 0.25) is 0 Å². The Kier molecular flexibility index (Phi) is 7.77. The summed E-state index contributed by atoms with van der Waals surface area (Å²) in [5.41, 5.74) is 6.55. The third kappa shape index (κ3) is 5.92. The van der Waals surface area contributed by atoms with E-state index in [9.17, 15) is 4.79 Å². The fraction of sp³-hybridized carbons (Fsp3) is 0.154. The molecule has 1 N–H and O–H groups in total. The van der Waals surface area contributed by atoms with E-state index in [-0.39, 0.29) is 11.7 Å². The van der Waals surface area contributed by atoms with Gasteiger partial charge in [-0.2, -0.15) is 5.10 Å². The van der Waals surface area contributed by atoms with Crippen molar-refractivity contribution >= 4 is 35.5 Å². The number of halogens is 1. The maximum Gasteiger partial charge on any atom is 0.250 e. The molecule has 4 aromatic rings. The fourth-order valence-corrected chi connectivity index (χ4v) is 4.14. The first kappa shape index (κ1) is 23.7. The second-order valence-electron chi connectivity index (χ2n) is 7.89. The summed E-state index contributed by atoms with van der Waals surface area (Å²) in [6.45, 7) is 4.30. The molecule has 0 aliphatic carbocycles. The SMILES string of the molecule is CC(C)c1ccc(/C=N/NC(=O)CSc2nnc(-c3ccc(Cl)cc3)n2-c2ccccc2)cc1. The number of hydrogen-bond acceptors (Lipinski definition) is 5. The number of nitrogens with zero attached hydrogens (tertiary/aromatic N) is 4. The van der Waals surface area contributed by atoms with E-state index in [2.05, 4.69) is 46.7 Å². The van der Waals surface area contributed by atoms with E-state index in [0.717, 1.165) is 16.8 Å². The summed E-state index contributed by atoms with van der Waals surface area (Å²) in [6, 6.07) is 25.3. The van der Waals surface area contributed by atoms with E-state index >= 15 is 0 Å². The lowest BCUT2D eigenvalue weighted by Crippen LogP contribution is -2.20. The minimum atomic E-state index is -0.226. The topological polar surface area (TPSA) is 72.2 Å². The molecule has 6 nitrogen and oxygen atoms in total. The Balaban J connectivity index is 1.45. The standard InChI is InChI=1S/C26H24ClN5OS/c1-18(2)20-10-8-19(9-11-20)16-28-29-24(33)17-34-26-31-30-25(21-12-14-22(27)15-13-21)32(26)23-6-4-3-5-7-23/h3-16,18H,17H2,1-2H3,(H,29,33)/b28-16+. The minimum Gasteiger partial charge on any atom is -0.272 e. The van der Waals surface area contributed by atoms with Crippen LogP contribution >= 0.6 is 23.4 Å². The van der Waals surface area contributed by atoms with Crippen molar-refractivity contribution in [2.45, 2.75) is 24.9 Å². The third-order valence-corrected chi connectivity index (χ3v) is 6.27. The molecule has 0 bridgehead atoms. The van der Waals surface area contributed by atoms with Crippen LogP contribution in [0.5, 0.6) is 0 Å². The molecule has 0 fully saturated rings. The van der Waals surface area contributed by atoms with Crippen molar-refractivity contribution < 1.29 is 4.79 Å². The summed E-state index contributed by atoms with van der Waals surface area (Å²) < 4.78 is 1.93. The second kappa shape index (κ2) is 11.1. The van der Waals surface area contributed by atoms with E-state index in [0.29, 0.717) is 21.9 Å². The summed E-state index contributed by atoms with van der Waals surface area (Å²) in [6.07, 6.45) is 1.64. The van der Waals surface area contributed by atoms with E-state index in [1.807, 2.05) is 71.3 Å². The Morgan fingerprint density at radius 2 is 1.74 bits per heavy atom. The number of carbonyl (C=O) groups excluding carboxylic acids is 1. The van der Waals surface area contributed by atoms with Gasteiger partial charge in [0.25, 0.3) is 5.91 Å². The molecule has 0 atom stereocenters. The molecule has 1 amide bonds. The number of hydrazone groups is 1. The Morgan fingerprint density at radius 1 is 1.03 bits per heavy atom. The highest BCUT2D eigenvalue weighted by Gasteiger charge is 2.17. The number of benzene rings is 3. The fourth-order valence-electron chi connectivity index (χ4n) is 3.27. The van der Waals surface area contributed by atoms with Gasteiger partial charge in [-0.25, -0.2) is 5.43 Å². The van der Waals surface area contributed by atoms with Crippen molar-refractivity contribution in [3.05, 3.63) is 95.0 Å². The first-order chi connectivity index (χ1) is 16.5. The molecule has 4 rings (SSSR count). The van der Waals surface area contributed by atoms with Crippen molar-refractivity contribution in [3.8, 4) is 17.1 Å². The van der Waals surface area contributed by atoms with Gasteiger partial charge in [-0.05, 0) is 53.4 Å². The molecule has 1 heterocycles. The van der Waals surface area contributed by atoms with Crippen LogP contribution in [-0.4, -0.2) is 32.6 Å². The quantitative estimate of drug-likeness (QED) is 0.188. The Morgan fingerprint density at radius 3 is 2.41 bits per heavy atom. The third-order valence-electron chi connectivity index (χ3n) is 5.09. The number of aromatic nitrogens is 3. The average molecular weight is 490 g/mol. The predicted octanol–water partition coefficient (Wildman–Crippen LogP) is 5.95. The number of amides is 1. The molecule has 34 heavy (non-hydrogen) atoms. The van der Waals surface area contributed by atoms with Crippen LogP contribution in [0.25, 0.3) is 17.1 Å². The monoisotopic (exact) mass is 489 g/mol. The second-order valence-corrected chi connectivity index (χ2v) is 9.27. The van der Waals surface area contributed by atoms with Gasteiger partial charge >= 0.3 is 0 Å². The molecule has 0 unspecified atom stereocenters. The lowest BCUT2D eigenvalue weighted by Gasteiger charge is -2.10. The Labute approximate surface area is 208 Å². The van der Waals surface area contributed by atoms with Gasteiger partial charge in [0, 0.05) is 16.3 Å². The Hall–Kier alpha value is -3.42. The molecule has 0 aliphatic rings. The molecule has 1 aromatic heterocycles. The molecule has 3 aromatic carbocycles. The number of rotatable bonds is 8. The van der Waals surface area contributed by atoms with Crippen molar-refractivity contribution in [2.24, 2.45) is 5.10 Å². The van der Waals surface area contributed by atoms with Crippen LogP contribution in [0, 0.1) is 0 Å². The van der Waals surface area contributed by atoms with Gasteiger partial charge in [0.15, 0.2) is 11.0 Å². The van der Waals surface area contributed by atoms with E-state index < -0.39 is 0 Å². The van der Waals surface area contributed by atoms with Crippen LogP contribution in [0.2, 0.25) is 5.02 Å². The number of carbonyl (C=O) groups is 1. The van der Waals surface area contributed by atoms with Gasteiger partial charge in [-0.1, -0.05) is 79.7 Å². The number of hydrogen-bond donors (Lipinski definition) is 1. The molecular weight excluding hydrogens is 466 g/mol. The largest absolute Gasteiger partial charge is 0.272 e. The van der Waals surface area contributed by atoms with Crippen LogP contribution in [-0.2, 0) is 4.79 Å². The van der Waals surface area contributed by atoms with Crippen LogP contribution in [0.3, 0.4) is 0 Å². The smallest absolute Gasteiger partial charge is 0.250 e. The summed E-state index contributed by atoms with van der Waals surface area (Å²) >= 11 is 7.34. The Bertz CT molecular complexity index is 1270. The molecule has 0 saturated heterocycles. The molecule has 0 spiro atoms. The summed E-state index contributed by atoms with van der Waals surface area (Å²) in [4.78, 5) is 12.4. The van der Waals surface area contributed by atoms with Crippen molar-refractivity contribution in [3.63, 3.8) is 0 Å². The summed E-state index contributed by atoms with van der Waals surface area (Å²) in [5, 5.41) is 14.1. The molecule has 0 aliphatic heterocycles. The zero-order valence-electron chi connectivity index (χ0n) is 18.9. The van der Waals surface area contributed by atoms with Gasteiger partial charge in [-0.15, -0.1) is 10.2 Å². The van der Waals surface area contributed by atoms with Gasteiger partial charge in [0.1, 0.15) is 0 Å². The summed E-state index contributed by atoms with van der Waals surface area (Å²) in [7, 11) is 0. The highest BCUT2D eigenvalue weighted by molar-refractivity contribution is 7.99. The minimum absolute atomic E-state index is 0.148. The van der Waals surface area contributed by atoms with Crippen LogP contribution in [0.4, 0.5) is 0 Å². The average Bonchev–Trinajstić information content (AvgIpc) is 3.28. The number of nitrogens with one attached hydrogen (secondary N) is 1. The van der Waals surface area contributed by atoms with E-state index in [1.165, 1.54) is 17.3 Å². The van der Waals surface area contributed by atoms with Crippen LogP contribution in [0.1, 0.15) is 30.9 Å². The first-order valence-corrected chi connectivity index (χ1v) is 12.2. The lowest BCUT2D eigenvalue weighted by molar-refractivity contribution is -0.118. The number of para-hydroxylation sites is 1. The highest BCUT2D eigenvalue weighted by Crippen LogP contribution is 2.28. The predicted molar refractivity (Wildman–Crippen MR) is 139 cm³/mol. The number of thioether (sulfide) groups is 1. The molecule has 0 radical (unpaired) electrons. The normalized spacial score (nSPS) is 11.3. The maximum absolute atomic E-state index is 12.4. The van der Waals surface area contributed by atoms with E-state index in [4.69, 9.17) is 11.6 Å². The van der Waals surface area contributed by atoms with Gasteiger partial charge in [-0.3, -0.25) is 9.36 Å². The lowest BCUT2D eigenvalue weighted by atomic mass is 10.0. The zero-order chi connectivity index (χ0) is 23.9. The van der Waals surface area contributed by atoms with Gasteiger partial charge < -0.3 is 0 Å². The zero-order valence-corrected chi connectivity index (χ0v) is 20.4. The molecular formula is C26H24ClN5OS. The van der Waals surface area contributed by atoms with Crippen molar-refractivity contribution in [1.82, 2.24) is 20.2 Å². The first-order valence-electron chi connectivity index (χ1n) is 10.8. The summed E-state index contributed by atoms with van der Waals surface area (Å²) in [5.74, 6) is 1.07. The molecule has 8 heteroatoms. The molecule has 172 valence electrons. The highest BCUT2D eigenvalue weighted by atomic mass is 35.5. The van der Waals surface area contributed by atoms with Crippen molar-refractivity contribution in [2.75, 3.05) is 5.75 Å². The van der Waals surface area contributed by atoms with Gasteiger partial charge in [0.05, 0.1) is 12.0 Å². The maximum atomic E-state index is 12.4. The van der Waals surface area contributed by atoms with Crippen LogP contribution in [0.15, 0.2) is 89.1 Å².